The molecule has 9 nitrogen and oxygen atoms in total. The molecular formula is C36H29FN6O3S. The number of carbonyl (C=O) groups excluding carboxylic acids is 1. The van der Waals surface area contributed by atoms with Crippen LogP contribution in [-0.2, 0) is 27.5 Å². The molecule has 0 aliphatic rings. The number of pyridine rings is 2. The fourth-order valence-corrected chi connectivity index (χ4v) is 6.31. The van der Waals surface area contributed by atoms with Crippen LogP contribution in [0.3, 0.4) is 0 Å². The Morgan fingerprint density at radius 3 is 2.53 bits per heavy atom. The van der Waals surface area contributed by atoms with E-state index in [1.54, 1.807) is 18.6 Å². The maximum atomic E-state index is 14.7. The predicted molar refractivity (Wildman–Crippen MR) is 182 cm³/mol. The molecule has 0 saturated carbocycles. The quantitative estimate of drug-likeness (QED) is 0.159. The molecule has 234 valence electrons. The van der Waals surface area contributed by atoms with Crippen molar-refractivity contribution in [3.8, 4) is 33.8 Å². The Kier molecular flexibility index (Phi) is 7.82. The number of nitrogens with one attached hydrogen (secondary N) is 3. The minimum atomic E-state index is -3.19. The second-order valence-corrected chi connectivity index (χ2v) is 13.8. The minimum absolute atomic E-state index is 0.0548. The van der Waals surface area contributed by atoms with Crippen molar-refractivity contribution < 1.29 is 17.6 Å². The molecule has 4 aromatic heterocycles. The second kappa shape index (κ2) is 12.3. The number of benzene rings is 3. The minimum Gasteiger partial charge on any atom is -0.353 e. The zero-order chi connectivity index (χ0) is 32.5. The van der Waals surface area contributed by atoms with Crippen LogP contribution >= 0.6 is 0 Å². The number of hydrogen-bond donors (Lipinski definition) is 3. The van der Waals surface area contributed by atoms with Crippen molar-refractivity contribution in [2.24, 2.45) is 0 Å². The molecule has 4 heterocycles. The van der Waals surface area contributed by atoms with Gasteiger partial charge in [-0.25, -0.2) is 12.8 Å². The zero-order valence-electron chi connectivity index (χ0n) is 25.3. The molecule has 0 unspecified atom stereocenters. The zero-order valence-corrected chi connectivity index (χ0v) is 26.1. The number of carbonyl (C=O) groups is 1. The molecule has 0 saturated heterocycles. The highest BCUT2D eigenvalue weighted by Crippen LogP contribution is 2.35. The average molecular weight is 645 g/mol. The molecule has 0 atom stereocenters. The van der Waals surface area contributed by atoms with Gasteiger partial charge in [-0.15, -0.1) is 0 Å². The van der Waals surface area contributed by atoms with Crippen LogP contribution in [-0.4, -0.2) is 51.5 Å². The molecule has 0 aliphatic heterocycles. The number of sulfone groups is 1. The standard InChI is InChI=1S/C36H29FN6O3S/c1-47(45,46)11-10-23-12-24(15-26(37)13-23)28-8-5-9-31-29(28)17-33(41-31)36-30-18-32(39-21-34(30)42-43-36)25-16-27(20-38-19-25)40-35(44)14-22-6-3-2-4-7-22/h2-9,12-13,15-21,41H,10-11,14H2,1H3,(H,40,44)(H,42,43). The van der Waals surface area contributed by atoms with E-state index in [-0.39, 0.29) is 24.5 Å². The summed E-state index contributed by atoms with van der Waals surface area (Å²) in [7, 11) is -3.19. The number of aryl methyl sites for hydroxylation is 1. The molecule has 0 fully saturated rings. The summed E-state index contributed by atoms with van der Waals surface area (Å²) >= 11 is 0. The Hall–Kier alpha value is -5.68. The molecule has 7 aromatic rings. The lowest BCUT2D eigenvalue weighted by atomic mass is 9.98. The first-order chi connectivity index (χ1) is 22.7. The van der Waals surface area contributed by atoms with E-state index in [0.29, 0.717) is 28.2 Å². The van der Waals surface area contributed by atoms with Gasteiger partial charge in [-0.05, 0) is 65.1 Å². The maximum absolute atomic E-state index is 14.7. The highest BCUT2D eigenvalue weighted by Gasteiger charge is 2.16. The first kappa shape index (κ1) is 30.0. The Labute approximate surface area is 269 Å². The van der Waals surface area contributed by atoms with Crippen molar-refractivity contribution in [1.82, 2.24) is 25.1 Å². The van der Waals surface area contributed by atoms with Crippen molar-refractivity contribution in [1.29, 1.82) is 0 Å². The molecule has 3 N–H and O–H groups in total. The Morgan fingerprint density at radius 2 is 1.70 bits per heavy atom. The van der Waals surface area contributed by atoms with E-state index in [1.165, 1.54) is 18.4 Å². The third kappa shape index (κ3) is 6.66. The molecule has 7 rings (SSSR count). The van der Waals surface area contributed by atoms with Gasteiger partial charge in [0.25, 0.3) is 0 Å². The number of amides is 1. The number of fused-ring (bicyclic) bond motifs is 2. The third-order valence-corrected chi connectivity index (χ3v) is 8.87. The van der Waals surface area contributed by atoms with Crippen LogP contribution in [0.1, 0.15) is 11.1 Å². The van der Waals surface area contributed by atoms with Crippen LogP contribution in [0.15, 0.2) is 104 Å². The van der Waals surface area contributed by atoms with Gasteiger partial charge in [-0.3, -0.25) is 19.9 Å². The summed E-state index contributed by atoms with van der Waals surface area (Å²) in [5.74, 6) is -0.621. The van der Waals surface area contributed by atoms with E-state index >= 15 is 0 Å². The topological polar surface area (TPSA) is 133 Å². The Morgan fingerprint density at radius 1 is 0.851 bits per heavy atom. The van der Waals surface area contributed by atoms with Gasteiger partial charge in [0.1, 0.15) is 21.3 Å². The second-order valence-electron chi connectivity index (χ2n) is 11.5. The summed E-state index contributed by atoms with van der Waals surface area (Å²) in [6.07, 6.45) is 6.66. The van der Waals surface area contributed by atoms with Gasteiger partial charge in [0, 0.05) is 34.3 Å². The number of aromatic amines is 2. The van der Waals surface area contributed by atoms with E-state index in [0.717, 1.165) is 44.2 Å². The summed E-state index contributed by atoms with van der Waals surface area (Å²) in [6.45, 7) is 0. The van der Waals surface area contributed by atoms with Gasteiger partial charge in [-0.2, -0.15) is 5.10 Å². The summed E-state index contributed by atoms with van der Waals surface area (Å²) in [5, 5.41) is 12.3. The van der Waals surface area contributed by atoms with E-state index in [1.807, 2.05) is 72.8 Å². The first-order valence-electron chi connectivity index (χ1n) is 14.9. The molecule has 0 spiro atoms. The van der Waals surface area contributed by atoms with Crippen LogP contribution in [0.4, 0.5) is 10.1 Å². The van der Waals surface area contributed by atoms with Gasteiger partial charge in [0.05, 0.1) is 47.2 Å². The summed E-state index contributed by atoms with van der Waals surface area (Å²) in [5.41, 5.74) is 7.97. The smallest absolute Gasteiger partial charge is 0.228 e. The fraction of sp³-hybridized carbons (Fsp3) is 0.111. The van der Waals surface area contributed by atoms with Crippen LogP contribution in [0, 0.1) is 5.82 Å². The molecular weight excluding hydrogens is 616 g/mol. The monoisotopic (exact) mass is 644 g/mol. The van der Waals surface area contributed by atoms with Gasteiger partial charge in [0.15, 0.2) is 0 Å². The van der Waals surface area contributed by atoms with Gasteiger partial charge in [0.2, 0.25) is 5.91 Å². The largest absolute Gasteiger partial charge is 0.353 e. The van der Waals surface area contributed by atoms with E-state index in [4.69, 9.17) is 0 Å². The SMILES string of the molecule is CS(=O)(=O)CCc1cc(F)cc(-c2cccc3[nH]c(-c4n[nH]c5cnc(-c6cncc(NC(=O)Cc7ccccc7)c6)cc45)cc23)c1. The Bertz CT molecular complexity index is 2390. The van der Waals surface area contributed by atoms with Crippen LogP contribution in [0.2, 0.25) is 0 Å². The van der Waals surface area contributed by atoms with Crippen molar-refractivity contribution >= 4 is 43.2 Å². The lowest BCUT2D eigenvalue weighted by Gasteiger charge is -2.08. The van der Waals surface area contributed by atoms with Gasteiger partial charge in [-0.1, -0.05) is 48.5 Å². The number of nitrogens with zero attached hydrogens (tertiary/aromatic N) is 3. The lowest BCUT2D eigenvalue weighted by molar-refractivity contribution is -0.115. The van der Waals surface area contributed by atoms with Crippen molar-refractivity contribution in [2.75, 3.05) is 17.3 Å². The third-order valence-electron chi connectivity index (χ3n) is 7.92. The van der Waals surface area contributed by atoms with Gasteiger partial charge >= 0.3 is 0 Å². The molecule has 0 bridgehead atoms. The van der Waals surface area contributed by atoms with Crippen LogP contribution in [0.5, 0.6) is 0 Å². The number of hydrogen-bond acceptors (Lipinski definition) is 6. The van der Waals surface area contributed by atoms with Crippen LogP contribution < -0.4 is 5.32 Å². The highest BCUT2D eigenvalue weighted by atomic mass is 32.2. The number of H-pyrrole nitrogens is 2. The van der Waals surface area contributed by atoms with Crippen LogP contribution in [0.25, 0.3) is 55.6 Å². The molecule has 3 aromatic carbocycles. The maximum Gasteiger partial charge on any atom is 0.228 e. The fourth-order valence-electron chi connectivity index (χ4n) is 5.70. The molecule has 0 radical (unpaired) electrons. The van der Waals surface area contributed by atoms with Crippen molar-refractivity contribution in [3.05, 3.63) is 120 Å². The van der Waals surface area contributed by atoms with E-state index < -0.39 is 15.7 Å². The van der Waals surface area contributed by atoms with Crippen molar-refractivity contribution in [2.45, 2.75) is 12.8 Å². The normalized spacial score (nSPS) is 11.7. The molecule has 1 amide bonds. The highest BCUT2D eigenvalue weighted by molar-refractivity contribution is 7.90. The van der Waals surface area contributed by atoms with Gasteiger partial charge < -0.3 is 10.3 Å². The molecule has 0 aliphatic carbocycles. The summed E-state index contributed by atoms with van der Waals surface area (Å²) in [6, 6.07) is 25.7. The van der Waals surface area contributed by atoms with Crippen molar-refractivity contribution in [3.63, 3.8) is 0 Å². The van der Waals surface area contributed by atoms with E-state index in [9.17, 15) is 17.6 Å². The summed E-state index contributed by atoms with van der Waals surface area (Å²) in [4.78, 5) is 25.0. The number of rotatable bonds is 9. The lowest BCUT2D eigenvalue weighted by Crippen LogP contribution is -2.14. The Balaban J connectivity index is 1.20. The number of aromatic nitrogens is 5. The number of halogens is 1. The molecule has 47 heavy (non-hydrogen) atoms. The van der Waals surface area contributed by atoms with E-state index in [2.05, 4.69) is 30.5 Å². The predicted octanol–water partition coefficient (Wildman–Crippen LogP) is 6.74. The molecule has 11 heteroatoms. The summed E-state index contributed by atoms with van der Waals surface area (Å²) < 4.78 is 38.1. The average Bonchev–Trinajstić information content (AvgIpc) is 3.68. The first-order valence-corrected chi connectivity index (χ1v) is 17.0. The number of anilines is 1.